The highest BCUT2D eigenvalue weighted by Gasteiger charge is 2.39. The van der Waals surface area contributed by atoms with Crippen LogP contribution in [0.2, 0.25) is 0 Å². The lowest BCUT2D eigenvalue weighted by atomic mass is 9.78. The summed E-state index contributed by atoms with van der Waals surface area (Å²) < 4.78 is 12.4. The molecule has 1 aliphatic carbocycles. The Kier molecular flexibility index (Phi) is 5.08. The molecule has 2 N–H and O–H groups in total. The third-order valence-corrected chi connectivity index (χ3v) is 6.21. The van der Waals surface area contributed by atoms with Gasteiger partial charge in [0.1, 0.15) is 12.4 Å². The van der Waals surface area contributed by atoms with Crippen molar-refractivity contribution in [1.29, 1.82) is 0 Å². The second-order valence-corrected chi connectivity index (χ2v) is 8.02. The Bertz CT molecular complexity index is 1280. The molecule has 0 saturated heterocycles. The minimum atomic E-state index is -1.00. The molecule has 1 aromatic heterocycles. The molecule has 9 nitrogen and oxygen atoms in total. The number of rotatable bonds is 5. The van der Waals surface area contributed by atoms with Crippen molar-refractivity contribution >= 4 is 17.7 Å². The molecule has 0 amide bonds. The number of benzene rings is 2. The van der Waals surface area contributed by atoms with Crippen molar-refractivity contribution in [2.24, 2.45) is 0 Å². The molecule has 168 valence electrons. The summed E-state index contributed by atoms with van der Waals surface area (Å²) in [6, 6.07) is 11.8. The molecule has 0 saturated carbocycles. The molecule has 2 aliphatic rings. The van der Waals surface area contributed by atoms with Crippen LogP contribution in [0.1, 0.15) is 46.3 Å². The van der Waals surface area contributed by atoms with Gasteiger partial charge in [-0.25, -0.2) is 9.48 Å². The van der Waals surface area contributed by atoms with Crippen LogP contribution >= 0.6 is 0 Å². The van der Waals surface area contributed by atoms with Gasteiger partial charge < -0.3 is 19.9 Å². The Hall–Kier alpha value is -4.14. The molecule has 0 spiro atoms. The van der Waals surface area contributed by atoms with Gasteiger partial charge in [-0.2, -0.15) is 10.1 Å². The second-order valence-electron chi connectivity index (χ2n) is 8.02. The van der Waals surface area contributed by atoms with Crippen LogP contribution in [0.15, 0.2) is 60.1 Å². The Balaban J connectivity index is 1.54. The summed E-state index contributed by atoms with van der Waals surface area (Å²) in [7, 11) is 3.17. The summed E-state index contributed by atoms with van der Waals surface area (Å²) in [4.78, 5) is 29.0. The zero-order valence-electron chi connectivity index (χ0n) is 18.1. The lowest BCUT2D eigenvalue weighted by Gasteiger charge is -2.35. The van der Waals surface area contributed by atoms with E-state index in [4.69, 9.17) is 9.47 Å². The quantitative estimate of drug-likeness (QED) is 0.613. The van der Waals surface area contributed by atoms with Crippen LogP contribution in [-0.4, -0.2) is 45.8 Å². The molecule has 33 heavy (non-hydrogen) atoms. The maximum absolute atomic E-state index is 13.5. The van der Waals surface area contributed by atoms with Gasteiger partial charge in [-0.05, 0) is 47.7 Å². The van der Waals surface area contributed by atoms with Gasteiger partial charge in [0.25, 0.3) is 0 Å². The Labute approximate surface area is 189 Å². The fourth-order valence-corrected chi connectivity index (χ4v) is 4.61. The minimum Gasteiger partial charge on any atom is -0.493 e. The summed E-state index contributed by atoms with van der Waals surface area (Å²) in [6.45, 7) is 0. The Morgan fingerprint density at radius 3 is 2.48 bits per heavy atom. The highest BCUT2D eigenvalue weighted by atomic mass is 16.5. The van der Waals surface area contributed by atoms with Crippen LogP contribution in [0.5, 0.6) is 11.5 Å². The first kappa shape index (κ1) is 20.7. The van der Waals surface area contributed by atoms with Gasteiger partial charge in [-0.3, -0.25) is 4.79 Å². The number of hydrogen-bond donors (Lipinski definition) is 2. The van der Waals surface area contributed by atoms with E-state index in [1.54, 1.807) is 31.0 Å². The summed E-state index contributed by atoms with van der Waals surface area (Å²) in [5.41, 5.74) is 3.39. The number of anilines is 1. The molecule has 0 radical (unpaired) electrons. The zero-order chi connectivity index (χ0) is 23.1. The fourth-order valence-electron chi connectivity index (χ4n) is 4.61. The predicted octanol–water partition coefficient (Wildman–Crippen LogP) is 3.41. The number of hydrogen-bond acceptors (Lipinski definition) is 7. The number of carbonyl (C=O) groups is 2. The largest absolute Gasteiger partial charge is 0.493 e. The SMILES string of the molecule is COc1ccc([C@@H]2CC(=O)C3=C(C2)Nc2ncnn2[C@@H]3c2ccc(C(=O)O)cc2)cc1OC. The number of nitrogens with one attached hydrogen (secondary N) is 1. The van der Waals surface area contributed by atoms with Crippen LogP contribution in [0, 0.1) is 0 Å². The molecule has 9 heteroatoms. The van der Waals surface area contributed by atoms with E-state index in [1.807, 2.05) is 18.2 Å². The Morgan fingerprint density at radius 2 is 1.79 bits per heavy atom. The zero-order valence-corrected chi connectivity index (χ0v) is 18.1. The maximum Gasteiger partial charge on any atom is 0.335 e. The molecule has 0 fully saturated rings. The topological polar surface area (TPSA) is 116 Å². The van der Waals surface area contributed by atoms with Gasteiger partial charge in [-0.1, -0.05) is 18.2 Å². The Morgan fingerprint density at radius 1 is 1.06 bits per heavy atom. The molecule has 2 heterocycles. The van der Waals surface area contributed by atoms with Crippen molar-refractivity contribution in [3.8, 4) is 11.5 Å². The van der Waals surface area contributed by atoms with Gasteiger partial charge in [-0.15, -0.1) is 0 Å². The number of aromatic nitrogens is 3. The molecule has 0 bridgehead atoms. The number of allylic oxidation sites excluding steroid dienone is 2. The maximum atomic E-state index is 13.5. The summed E-state index contributed by atoms with van der Waals surface area (Å²) in [6.07, 6.45) is 2.40. The second kappa shape index (κ2) is 8.09. The number of carbonyl (C=O) groups excluding carboxylic acids is 1. The van der Waals surface area contributed by atoms with E-state index in [0.29, 0.717) is 35.9 Å². The normalized spacial score (nSPS) is 19.4. The summed E-state index contributed by atoms with van der Waals surface area (Å²) in [5.74, 6) is 0.777. The lowest BCUT2D eigenvalue weighted by Crippen LogP contribution is -2.33. The van der Waals surface area contributed by atoms with Crippen molar-refractivity contribution in [3.05, 3.63) is 76.8 Å². The van der Waals surface area contributed by atoms with Gasteiger partial charge in [0.2, 0.25) is 5.95 Å². The number of aromatic carboxylic acids is 1. The molecule has 2 atom stereocenters. The molecule has 0 unspecified atom stereocenters. The third-order valence-electron chi connectivity index (χ3n) is 6.21. The van der Waals surface area contributed by atoms with Crippen molar-refractivity contribution < 1.29 is 24.2 Å². The number of ether oxygens (including phenoxy) is 2. The van der Waals surface area contributed by atoms with Gasteiger partial charge in [0, 0.05) is 17.7 Å². The molecular formula is C24H22N4O5. The summed E-state index contributed by atoms with van der Waals surface area (Å²) in [5, 5.41) is 16.8. The van der Waals surface area contributed by atoms with Crippen molar-refractivity contribution in [3.63, 3.8) is 0 Å². The van der Waals surface area contributed by atoms with E-state index in [0.717, 1.165) is 16.8 Å². The van der Waals surface area contributed by atoms with Crippen molar-refractivity contribution in [2.75, 3.05) is 19.5 Å². The average molecular weight is 446 g/mol. The molecular weight excluding hydrogens is 424 g/mol. The van der Waals surface area contributed by atoms with Crippen LogP contribution in [0.25, 0.3) is 0 Å². The van der Waals surface area contributed by atoms with Crippen molar-refractivity contribution in [2.45, 2.75) is 24.8 Å². The highest BCUT2D eigenvalue weighted by molar-refractivity contribution is 6.00. The van der Waals surface area contributed by atoms with Gasteiger partial charge in [0.15, 0.2) is 17.3 Å². The first-order valence-corrected chi connectivity index (χ1v) is 10.5. The lowest BCUT2D eigenvalue weighted by molar-refractivity contribution is -0.116. The van der Waals surface area contributed by atoms with Crippen molar-refractivity contribution in [1.82, 2.24) is 14.8 Å². The first-order chi connectivity index (χ1) is 16.0. The predicted molar refractivity (Wildman–Crippen MR) is 119 cm³/mol. The van der Waals surface area contributed by atoms with Crippen LogP contribution in [0.3, 0.4) is 0 Å². The number of fused-ring (bicyclic) bond motifs is 1. The van der Waals surface area contributed by atoms with E-state index >= 15 is 0 Å². The van der Waals surface area contributed by atoms with E-state index in [-0.39, 0.29) is 17.3 Å². The molecule has 1 aliphatic heterocycles. The van der Waals surface area contributed by atoms with Crippen LogP contribution in [0.4, 0.5) is 5.95 Å². The van der Waals surface area contributed by atoms with Crippen LogP contribution in [-0.2, 0) is 4.79 Å². The smallest absolute Gasteiger partial charge is 0.335 e. The number of carboxylic acids is 1. The molecule has 5 rings (SSSR count). The number of ketones is 1. The van der Waals surface area contributed by atoms with Gasteiger partial charge >= 0.3 is 5.97 Å². The third kappa shape index (κ3) is 3.51. The van der Waals surface area contributed by atoms with E-state index in [9.17, 15) is 14.7 Å². The minimum absolute atomic E-state index is 0.0111. The number of carboxylic acid groups (broad SMARTS) is 1. The van der Waals surface area contributed by atoms with E-state index < -0.39 is 12.0 Å². The van der Waals surface area contributed by atoms with E-state index in [2.05, 4.69) is 15.4 Å². The number of nitrogens with zero attached hydrogens (tertiary/aromatic N) is 3. The average Bonchev–Trinajstić information content (AvgIpc) is 3.30. The monoisotopic (exact) mass is 446 g/mol. The molecule has 2 aromatic carbocycles. The number of methoxy groups -OCH3 is 2. The summed E-state index contributed by atoms with van der Waals surface area (Å²) >= 11 is 0. The fraction of sp³-hybridized carbons (Fsp3) is 0.250. The van der Waals surface area contributed by atoms with E-state index in [1.165, 1.54) is 18.5 Å². The highest BCUT2D eigenvalue weighted by Crippen LogP contribution is 2.44. The van der Waals surface area contributed by atoms with Crippen LogP contribution < -0.4 is 14.8 Å². The first-order valence-electron chi connectivity index (χ1n) is 10.5. The standard InChI is InChI=1S/C24H22N4O5/c1-32-19-8-7-15(11-20(19)33-2)16-9-17-21(18(29)10-16)22(28-24(27-17)25-12-26-28)13-3-5-14(6-4-13)23(30)31/h3-8,11-12,16,22H,9-10H2,1-2H3,(H,30,31)(H,25,26,27)/t16-,22+/m0/s1. The molecule has 3 aromatic rings. The van der Waals surface area contributed by atoms with Gasteiger partial charge in [0.05, 0.1) is 19.8 Å². The number of Topliss-reactive ketones (excluding diaryl/α,β-unsaturated/α-hetero) is 1.